The van der Waals surface area contributed by atoms with Crippen LogP contribution in [-0.2, 0) is 13.0 Å². The molecule has 21 heavy (non-hydrogen) atoms. The van der Waals surface area contributed by atoms with Crippen LogP contribution in [0.2, 0.25) is 5.02 Å². The molecule has 2 heterocycles. The molecule has 0 saturated carbocycles. The molecule has 1 unspecified atom stereocenters. The summed E-state index contributed by atoms with van der Waals surface area (Å²) in [5.41, 5.74) is 3.25. The van der Waals surface area contributed by atoms with Gasteiger partial charge in [0, 0.05) is 19.0 Å². The highest BCUT2D eigenvalue weighted by Crippen LogP contribution is 2.37. The lowest BCUT2D eigenvalue weighted by atomic mass is 10.0. The topological polar surface area (TPSA) is 29.9 Å². The number of thiophene rings is 1. The standard InChI is InChI=1S/C14H18Br2ClN3S/c1-4-18-10(9-6-12(15)21-14(9)16)7-11-13(17)8(3)19-20(11)5-2/h6,10,18H,4-5,7H2,1-3H3. The van der Waals surface area contributed by atoms with Gasteiger partial charge in [0.2, 0.25) is 0 Å². The van der Waals surface area contributed by atoms with Gasteiger partial charge in [-0.2, -0.15) is 5.10 Å². The summed E-state index contributed by atoms with van der Waals surface area (Å²) in [4.78, 5) is 0. The van der Waals surface area contributed by atoms with Gasteiger partial charge < -0.3 is 5.32 Å². The Morgan fingerprint density at radius 3 is 2.67 bits per heavy atom. The molecule has 2 rings (SSSR count). The second-order valence-electron chi connectivity index (χ2n) is 4.76. The fourth-order valence-corrected chi connectivity index (χ4v) is 5.57. The van der Waals surface area contributed by atoms with Crippen molar-refractivity contribution < 1.29 is 0 Å². The average Bonchev–Trinajstić information content (AvgIpc) is 2.91. The molecule has 3 nitrogen and oxygen atoms in total. The highest BCUT2D eigenvalue weighted by Gasteiger charge is 2.21. The third-order valence-electron chi connectivity index (χ3n) is 3.36. The van der Waals surface area contributed by atoms with Gasteiger partial charge in [-0.3, -0.25) is 4.68 Å². The van der Waals surface area contributed by atoms with Crippen LogP contribution in [0.4, 0.5) is 0 Å². The Hall–Kier alpha value is 0.120. The summed E-state index contributed by atoms with van der Waals surface area (Å²) >= 11 is 15.3. The Balaban J connectivity index is 2.35. The summed E-state index contributed by atoms with van der Waals surface area (Å²) < 4.78 is 4.27. The average molecular weight is 456 g/mol. The lowest BCUT2D eigenvalue weighted by molar-refractivity contribution is 0.516. The number of rotatable bonds is 6. The molecule has 0 amide bonds. The van der Waals surface area contributed by atoms with Gasteiger partial charge >= 0.3 is 0 Å². The number of likely N-dealkylation sites (N-methyl/N-ethyl adjacent to an activating group) is 1. The van der Waals surface area contributed by atoms with E-state index in [-0.39, 0.29) is 6.04 Å². The number of hydrogen-bond acceptors (Lipinski definition) is 3. The van der Waals surface area contributed by atoms with E-state index in [1.807, 2.05) is 11.6 Å². The molecule has 0 aliphatic heterocycles. The number of hydrogen-bond donors (Lipinski definition) is 1. The van der Waals surface area contributed by atoms with Crippen LogP contribution in [0, 0.1) is 6.92 Å². The SMILES string of the molecule is CCNC(Cc1c(Cl)c(C)nn1CC)c1cc(Br)sc1Br. The van der Waals surface area contributed by atoms with Crippen LogP contribution in [0.15, 0.2) is 13.6 Å². The maximum atomic E-state index is 6.44. The van der Waals surface area contributed by atoms with Crippen LogP contribution in [0.1, 0.15) is 36.8 Å². The maximum Gasteiger partial charge on any atom is 0.0847 e. The van der Waals surface area contributed by atoms with E-state index >= 15 is 0 Å². The lowest BCUT2D eigenvalue weighted by Gasteiger charge is -2.18. The summed E-state index contributed by atoms with van der Waals surface area (Å²) in [6.45, 7) is 7.90. The molecule has 0 aliphatic rings. The number of halogens is 3. The summed E-state index contributed by atoms with van der Waals surface area (Å²) in [5, 5.41) is 8.83. The van der Waals surface area contributed by atoms with E-state index in [1.54, 1.807) is 11.3 Å². The van der Waals surface area contributed by atoms with Gasteiger partial charge in [-0.1, -0.05) is 18.5 Å². The van der Waals surface area contributed by atoms with E-state index < -0.39 is 0 Å². The smallest absolute Gasteiger partial charge is 0.0847 e. The lowest BCUT2D eigenvalue weighted by Crippen LogP contribution is -2.24. The van der Waals surface area contributed by atoms with Crippen LogP contribution in [0.5, 0.6) is 0 Å². The van der Waals surface area contributed by atoms with Gasteiger partial charge in [0.1, 0.15) is 0 Å². The molecule has 0 spiro atoms. The van der Waals surface area contributed by atoms with E-state index in [0.717, 1.165) is 43.5 Å². The number of nitrogens with one attached hydrogen (secondary N) is 1. The Morgan fingerprint density at radius 1 is 1.43 bits per heavy atom. The van der Waals surface area contributed by atoms with Gasteiger partial charge in [-0.15, -0.1) is 11.3 Å². The van der Waals surface area contributed by atoms with Crippen LogP contribution < -0.4 is 5.32 Å². The first-order valence-corrected chi connectivity index (χ1v) is 9.65. The fraction of sp³-hybridized carbons (Fsp3) is 0.500. The monoisotopic (exact) mass is 453 g/mol. The fourth-order valence-electron chi connectivity index (χ4n) is 2.39. The van der Waals surface area contributed by atoms with Gasteiger partial charge in [0.25, 0.3) is 0 Å². The van der Waals surface area contributed by atoms with Crippen LogP contribution in [0.25, 0.3) is 0 Å². The van der Waals surface area contributed by atoms with Crippen LogP contribution in [-0.4, -0.2) is 16.3 Å². The molecule has 116 valence electrons. The van der Waals surface area contributed by atoms with Gasteiger partial charge in [-0.25, -0.2) is 0 Å². The van der Waals surface area contributed by atoms with Gasteiger partial charge in [0.15, 0.2) is 0 Å². The van der Waals surface area contributed by atoms with Crippen molar-refractivity contribution in [2.24, 2.45) is 0 Å². The zero-order chi connectivity index (χ0) is 15.6. The van der Waals surface area contributed by atoms with E-state index in [1.165, 1.54) is 5.56 Å². The number of nitrogens with zero attached hydrogens (tertiary/aromatic N) is 2. The molecular weight excluding hydrogens is 438 g/mol. The quantitative estimate of drug-likeness (QED) is 0.637. The van der Waals surface area contributed by atoms with Crippen molar-refractivity contribution in [2.45, 2.75) is 39.8 Å². The first kappa shape index (κ1) is 17.5. The second kappa shape index (κ2) is 7.59. The molecule has 0 saturated heterocycles. The van der Waals surface area contributed by atoms with Crippen molar-refractivity contribution in [1.82, 2.24) is 15.1 Å². The minimum Gasteiger partial charge on any atom is -0.310 e. The number of aromatic nitrogens is 2. The molecule has 7 heteroatoms. The molecule has 0 radical (unpaired) electrons. The molecule has 1 N–H and O–H groups in total. The molecule has 0 fully saturated rings. The normalized spacial score (nSPS) is 12.9. The molecule has 0 aromatic carbocycles. The van der Waals surface area contributed by atoms with Crippen molar-refractivity contribution in [3.8, 4) is 0 Å². The number of aryl methyl sites for hydroxylation is 2. The van der Waals surface area contributed by atoms with Crippen molar-refractivity contribution in [3.05, 3.63) is 35.6 Å². The first-order chi connectivity index (χ1) is 9.97. The van der Waals surface area contributed by atoms with Crippen LogP contribution >= 0.6 is 54.8 Å². The third-order valence-corrected chi connectivity index (χ3v) is 6.24. The Kier molecular flexibility index (Phi) is 6.32. The first-order valence-electron chi connectivity index (χ1n) is 6.87. The summed E-state index contributed by atoms with van der Waals surface area (Å²) in [6.07, 6.45) is 0.823. The largest absolute Gasteiger partial charge is 0.310 e. The van der Waals surface area contributed by atoms with Crippen molar-refractivity contribution in [3.63, 3.8) is 0 Å². The van der Waals surface area contributed by atoms with Crippen molar-refractivity contribution in [1.29, 1.82) is 0 Å². The van der Waals surface area contributed by atoms with E-state index in [0.29, 0.717) is 0 Å². The summed E-state index contributed by atoms with van der Waals surface area (Å²) in [6, 6.07) is 2.38. The van der Waals surface area contributed by atoms with Gasteiger partial charge in [0.05, 0.1) is 24.0 Å². The minimum absolute atomic E-state index is 0.214. The third kappa shape index (κ3) is 3.91. The summed E-state index contributed by atoms with van der Waals surface area (Å²) in [7, 11) is 0. The Labute approximate surface area is 151 Å². The van der Waals surface area contributed by atoms with Crippen LogP contribution in [0.3, 0.4) is 0 Å². The predicted octanol–water partition coefficient (Wildman–Crippen LogP) is 5.34. The van der Waals surface area contributed by atoms with Gasteiger partial charge in [-0.05, 0) is 63.9 Å². The Bertz CT molecular complexity index is 624. The molecule has 2 aromatic rings. The molecular formula is C14H18Br2ClN3S. The molecule has 0 aliphatic carbocycles. The van der Waals surface area contributed by atoms with E-state index in [9.17, 15) is 0 Å². The van der Waals surface area contributed by atoms with Crippen molar-refractivity contribution in [2.75, 3.05) is 6.54 Å². The minimum atomic E-state index is 0.214. The summed E-state index contributed by atoms with van der Waals surface area (Å²) in [5.74, 6) is 0. The zero-order valence-electron chi connectivity index (χ0n) is 12.2. The maximum absolute atomic E-state index is 6.44. The zero-order valence-corrected chi connectivity index (χ0v) is 17.0. The highest BCUT2D eigenvalue weighted by molar-refractivity contribution is 9.12. The molecule has 2 aromatic heterocycles. The predicted molar refractivity (Wildman–Crippen MR) is 97.5 cm³/mol. The van der Waals surface area contributed by atoms with E-state index in [2.05, 4.69) is 62.2 Å². The second-order valence-corrected chi connectivity index (χ2v) is 8.88. The molecule has 0 bridgehead atoms. The highest BCUT2D eigenvalue weighted by atomic mass is 79.9. The van der Waals surface area contributed by atoms with E-state index in [4.69, 9.17) is 11.6 Å². The van der Waals surface area contributed by atoms with Crippen molar-refractivity contribution >= 4 is 54.8 Å². The molecule has 1 atom stereocenters. The Morgan fingerprint density at radius 2 is 2.14 bits per heavy atom.